The topological polar surface area (TPSA) is 29.5 Å². The molecular weight excluding hydrogens is 274 g/mol. The average Bonchev–Trinajstić information content (AvgIpc) is 2.91. The molecule has 1 aromatic carbocycles. The fourth-order valence-electron chi connectivity index (χ4n) is 4.43. The summed E-state index contributed by atoms with van der Waals surface area (Å²) in [4.78, 5) is 15.1. The number of ether oxygens (including phenoxy) is 1. The summed E-state index contributed by atoms with van der Waals surface area (Å²) in [5.41, 5.74) is 3.36. The molecule has 1 saturated carbocycles. The zero-order valence-electron chi connectivity index (χ0n) is 14.0. The smallest absolute Gasteiger partial charge is 0.254 e. The number of hydrogen-bond acceptors (Lipinski definition) is 2. The van der Waals surface area contributed by atoms with Crippen LogP contribution in [0.15, 0.2) is 18.2 Å². The highest BCUT2D eigenvalue weighted by atomic mass is 16.5. The van der Waals surface area contributed by atoms with E-state index in [0.29, 0.717) is 6.10 Å². The van der Waals surface area contributed by atoms with Crippen LogP contribution in [0.3, 0.4) is 0 Å². The lowest BCUT2D eigenvalue weighted by Gasteiger charge is -2.43. The van der Waals surface area contributed by atoms with Gasteiger partial charge in [-0.2, -0.15) is 0 Å². The standard InChI is InChI=1S/C19H27NO2/c1-14-7-4-8-16(15(14)2)18(21)20-12-6-11-19(13-20)10-5-9-17(19)22-3/h4,7-8,17H,5-6,9-13H2,1-3H3/t17-,19+/m1/s1. The number of piperidine rings is 1. The highest BCUT2D eigenvalue weighted by Gasteiger charge is 2.46. The van der Waals surface area contributed by atoms with Gasteiger partial charge in [0.15, 0.2) is 0 Å². The molecule has 2 atom stereocenters. The maximum absolute atomic E-state index is 13.0. The van der Waals surface area contributed by atoms with E-state index in [0.717, 1.165) is 37.1 Å². The molecule has 3 nitrogen and oxygen atoms in total. The molecule has 1 spiro atoms. The predicted molar refractivity (Wildman–Crippen MR) is 88.1 cm³/mol. The molecule has 1 aliphatic heterocycles. The van der Waals surface area contributed by atoms with Gasteiger partial charge in [0.1, 0.15) is 0 Å². The number of aryl methyl sites for hydroxylation is 1. The minimum Gasteiger partial charge on any atom is -0.381 e. The number of carbonyl (C=O) groups is 1. The largest absolute Gasteiger partial charge is 0.381 e. The summed E-state index contributed by atoms with van der Waals surface area (Å²) in [6, 6.07) is 6.03. The zero-order valence-corrected chi connectivity index (χ0v) is 14.0. The maximum Gasteiger partial charge on any atom is 0.254 e. The second-order valence-corrected chi connectivity index (χ2v) is 7.06. The van der Waals surface area contributed by atoms with E-state index in [1.54, 1.807) is 0 Å². The van der Waals surface area contributed by atoms with Crippen LogP contribution in [0.2, 0.25) is 0 Å². The molecule has 2 aliphatic rings. The molecule has 1 aromatic rings. The van der Waals surface area contributed by atoms with E-state index in [-0.39, 0.29) is 11.3 Å². The Morgan fingerprint density at radius 2 is 2.05 bits per heavy atom. The summed E-state index contributed by atoms with van der Waals surface area (Å²) in [5.74, 6) is 0.196. The van der Waals surface area contributed by atoms with E-state index in [9.17, 15) is 4.79 Å². The van der Waals surface area contributed by atoms with Crippen LogP contribution in [0.4, 0.5) is 0 Å². The van der Waals surface area contributed by atoms with Crippen molar-refractivity contribution >= 4 is 5.91 Å². The minimum absolute atomic E-state index is 0.195. The van der Waals surface area contributed by atoms with Gasteiger partial charge in [-0.15, -0.1) is 0 Å². The first-order chi connectivity index (χ1) is 10.6. The van der Waals surface area contributed by atoms with Crippen LogP contribution < -0.4 is 0 Å². The fourth-order valence-corrected chi connectivity index (χ4v) is 4.43. The van der Waals surface area contributed by atoms with Crippen molar-refractivity contribution in [1.82, 2.24) is 4.90 Å². The first-order valence-electron chi connectivity index (χ1n) is 8.46. The van der Waals surface area contributed by atoms with Crippen LogP contribution in [-0.2, 0) is 4.74 Å². The summed E-state index contributed by atoms with van der Waals surface area (Å²) in [7, 11) is 1.82. The van der Waals surface area contributed by atoms with E-state index >= 15 is 0 Å². The normalized spacial score (nSPS) is 28.3. The van der Waals surface area contributed by atoms with Crippen molar-refractivity contribution in [1.29, 1.82) is 0 Å². The molecule has 120 valence electrons. The molecule has 1 amide bonds. The maximum atomic E-state index is 13.0. The van der Waals surface area contributed by atoms with Gasteiger partial charge in [0, 0.05) is 31.2 Å². The predicted octanol–water partition coefficient (Wildman–Crippen LogP) is 3.72. The summed E-state index contributed by atoms with van der Waals surface area (Å²) >= 11 is 0. The molecular formula is C19H27NO2. The quantitative estimate of drug-likeness (QED) is 0.833. The van der Waals surface area contributed by atoms with E-state index in [2.05, 4.69) is 24.8 Å². The van der Waals surface area contributed by atoms with Crippen molar-refractivity contribution in [3.05, 3.63) is 34.9 Å². The first-order valence-corrected chi connectivity index (χ1v) is 8.46. The second-order valence-electron chi connectivity index (χ2n) is 7.06. The monoisotopic (exact) mass is 301 g/mol. The second kappa shape index (κ2) is 6.04. The van der Waals surface area contributed by atoms with Crippen molar-refractivity contribution < 1.29 is 9.53 Å². The van der Waals surface area contributed by atoms with Crippen molar-refractivity contribution in [2.24, 2.45) is 5.41 Å². The van der Waals surface area contributed by atoms with E-state index in [4.69, 9.17) is 4.74 Å². The molecule has 3 rings (SSSR count). The number of nitrogens with zero attached hydrogens (tertiary/aromatic N) is 1. The Morgan fingerprint density at radius 1 is 1.27 bits per heavy atom. The Morgan fingerprint density at radius 3 is 2.82 bits per heavy atom. The molecule has 0 unspecified atom stereocenters. The first kappa shape index (κ1) is 15.5. The average molecular weight is 301 g/mol. The van der Waals surface area contributed by atoms with Crippen LogP contribution in [-0.4, -0.2) is 37.1 Å². The highest BCUT2D eigenvalue weighted by Crippen LogP contribution is 2.46. The van der Waals surface area contributed by atoms with Gasteiger partial charge < -0.3 is 9.64 Å². The van der Waals surface area contributed by atoms with Gasteiger partial charge in [-0.25, -0.2) is 0 Å². The molecule has 1 aliphatic carbocycles. The van der Waals surface area contributed by atoms with Crippen molar-refractivity contribution in [2.45, 2.75) is 52.1 Å². The van der Waals surface area contributed by atoms with Gasteiger partial charge in [-0.1, -0.05) is 18.6 Å². The molecule has 0 bridgehead atoms. The van der Waals surface area contributed by atoms with Gasteiger partial charge in [0.05, 0.1) is 6.10 Å². The zero-order chi connectivity index (χ0) is 15.7. The van der Waals surface area contributed by atoms with E-state index in [1.165, 1.54) is 24.8 Å². The number of methoxy groups -OCH3 is 1. The SMILES string of the molecule is CO[C@@H]1CCC[C@@]12CCCN(C(=O)c1cccc(C)c1C)C2. The van der Waals surface area contributed by atoms with Gasteiger partial charge in [0.25, 0.3) is 5.91 Å². The van der Waals surface area contributed by atoms with Crippen LogP contribution in [0.25, 0.3) is 0 Å². The minimum atomic E-state index is 0.195. The molecule has 2 fully saturated rings. The Hall–Kier alpha value is -1.35. The number of amides is 1. The highest BCUT2D eigenvalue weighted by molar-refractivity contribution is 5.96. The molecule has 0 N–H and O–H groups in total. The number of rotatable bonds is 2. The third-order valence-electron chi connectivity index (χ3n) is 5.84. The Balaban J connectivity index is 1.83. The summed E-state index contributed by atoms with van der Waals surface area (Å²) in [6.45, 7) is 5.86. The van der Waals surface area contributed by atoms with Crippen molar-refractivity contribution in [3.63, 3.8) is 0 Å². The van der Waals surface area contributed by atoms with Gasteiger partial charge in [-0.3, -0.25) is 4.79 Å². The van der Waals surface area contributed by atoms with E-state index < -0.39 is 0 Å². The van der Waals surface area contributed by atoms with Gasteiger partial charge in [-0.05, 0) is 56.7 Å². The number of likely N-dealkylation sites (tertiary alicyclic amines) is 1. The van der Waals surface area contributed by atoms with Crippen LogP contribution >= 0.6 is 0 Å². The van der Waals surface area contributed by atoms with Crippen LogP contribution in [0.1, 0.15) is 53.6 Å². The molecule has 1 heterocycles. The van der Waals surface area contributed by atoms with Gasteiger partial charge >= 0.3 is 0 Å². The Kier molecular flexibility index (Phi) is 4.26. The summed E-state index contributed by atoms with van der Waals surface area (Å²) in [5, 5.41) is 0. The van der Waals surface area contributed by atoms with Crippen molar-refractivity contribution in [3.8, 4) is 0 Å². The Labute approximate surface area is 133 Å². The number of carbonyl (C=O) groups excluding carboxylic acids is 1. The summed E-state index contributed by atoms with van der Waals surface area (Å²) < 4.78 is 5.74. The lowest BCUT2D eigenvalue weighted by atomic mass is 9.76. The van der Waals surface area contributed by atoms with Crippen LogP contribution in [0.5, 0.6) is 0 Å². The lowest BCUT2D eigenvalue weighted by molar-refractivity contribution is -0.0295. The number of hydrogen-bond donors (Lipinski definition) is 0. The van der Waals surface area contributed by atoms with Crippen LogP contribution in [0, 0.1) is 19.3 Å². The summed E-state index contributed by atoms with van der Waals surface area (Å²) in [6.07, 6.45) is 6.17. The third-order valence-corrected chi connectivity index (χ3v) is 5.84. The molecule has 0 radical (unpaired) electrons. The number of benzene rings is 1. The molecule has 1 saturated heterocycles. The lowest BCUT2D eigenvalue weighted by Crippen LogP contribution is -2.49. The molecule has 3 heteroatoms. The van der Waals surface area contributed by atoms with Gasteiger partial charge in [0.2, 0.25) is 0 Å². The Bertz CT molecular complexity index is 569. The molecule has 22 heavy (non-hydrogen) atoms. The van der Waals surface area contributed by atoms with E-state index in [1.807, 2.05) is 19.2 Å². The molecule has 0 aromatic heterocycles. The van der Waals surface area contributed by atoms with Crippen molar-refractivity contribution in [2.75, 3.05) is 20.2 Å². The fraction of sp³-hybridized carbons (Fsp3) is 0.632. The third kappa shape index (κ3) is 2.56.